The number of nitrogens with one attached hydrogen (secondary N) is 1. The Labute approximate surface area is 107 Å². The molecule has 1 N–H and O–H groups in total. The molecule has 0 spiro atoms. The molecule has 2 rings (SSSR count). The van der Waals surface area contributed by atoms with E-state index in [9.17, 15) is 8.78 Å². The van der Waals surface area contributed by atoms with E-state index in [-0.39, 0.29) is 5.56 Å². The van der Waals surface area contributed by atoms with Crippen molar-refractivity contribution in [1.29, 1.82) is 0 Å². The number of nitrogens with zero attached hydrogens (tertiary/aromatic N) is 1. The van der Waals surface area contributed by atoms with E-state index < -0.39 is 11.6 Å². The van der Waals surface area contributed by atoms with Crippen LogP contribution in [-0.4, -0.2) is 30.6 Å². The fourth-order valence-electron chi connectivity index (χ4n) is 2.56. The molecule has 1 heterocycles. The van der Waals surface area contributed by atoms with Gasteiger partial charge in [0.1, 0.15) is 11.6 Å². The van der Waals surface area contributed by atoms with Crippen LogP contribution in [0.2, 0.25) is 0 Å². The van der Waals surface area contributed by atoms with Gasteiger partial charge in [-0.05, 0) is 38.1 Å². The molecule has 18 heavy (non-hydrogen) atoms. The predicted octanol–water partition coefficient (Wildman–Crippen LogP) is 2.54. The van der Waals surface area contributed by atoms with Crippen LogP contribution in [-0.2, 0) is 6.54 Å². The normalized spacial score (nSPS) is 21.2. The second-order valence-electron chi connectivity index (χ2n) is 4.83. The van der Waals surface area contributed by atoms with Crippen molar-refractivity contribution in [3.8, 4) is 0 Å². The Kier molecular flexibility index (Phi) is 4.66. The van der Waals surface area contributed by atoms with E-state index >= 15 is 0 Å². The molecule has 100 valence electrons. The van der Waals surface area contributed by atoms with Gasteiger partial charge in [-0.1, -0.05) is 13.0 Å². The second kappa shape index (κ2) is 6.25. The molecule has 4 heteroatoms. The first-order valence-corrected chi connectivity index (χ1v) is 6.59. The predicted molar refractivity (Wildman–Crippen MR) is 68.3 cm³/mol. The summed E-state index contributed by atoms with van der Waals surface area (Å²) in [6.07, 6.45) is 2.22. The maximum absolute atomic E-state index is 13.6. The Balaban J connectivity index is 2.00. The van der Waals surface area contributed by atoms with Gasteiger partial charge >= 0.3 is 0 Å². The third-order valence-corrected chi connectivity index (χ3v) is 3.44. The van der Waals surface area contributed by atoms with Gasteiger partial charge < -0.3 is 5.32 Å². The number of hydrogen-bond donors (Lipinski definition) is 1. The molecule has 0 saturated carbocycles. The zero-order valence-electron chi connectivity index (χ0n) is 10.8. The number of hydrogen-bond acceptors (Lipinski definition) is 2. The summed E-state index contributed by atoms with van der Waals surface area (Å²) in [5.41, 5.74) is 0.189. The van der Waals surface area contributed by atoms with Crippen LogP contribution in [0.1, 0.15) is 25.3 Å². The number of halogens is 2. The molecular formula is C14H20F2N2. The van der Waals surface area contributed by atoms with Gasteiger partial charge in [0.05, 0.1) is 0 Å². The highest BCUT2D eigenvalue weighted by atomic mass is 19.1. The van der Waals surface area contributed by atoms with Crippen LogP contribution in [0.5, 0.6) is 0 Å². The zero-order valence-corrected chi connectivity index (χ0v) is 10.8. The van der Waals surface area contributed by atoms with Gasteiger partial charge in [-0.15, -0.1) is 0 Å². The van der Waals surface area contributed by atoms with E-state index in [2.05, 4.69) is 17.1 Å². The Bertz CT molecular complexity index is 373. The van der Waals surface area contributed by atoms with E-state index in [1.165, 1.54) is 18.2 Å². The van der Waals surface area contributed by atoms with Crippen molar-refractivity contribution in [2.24, 2.45) is 0 Å². The Morgan fingerprint density at radius 1 is 1.33 bits per heavy atom. The van der Waals surface area contributed by atoms with Gasteiger partial charge in [0, 0.05) is 24.7 Å². The summed E-state index contributed by atoms with van der Waals surface area (Å²) < 4.78 is 27.1. The molecule has 0 amide bonds. The van der Waals surface area contributed by atoms with Crippen LogP contribution < -0.4 is 5.32 Å². The van der Waals surface area contributed by atoms with Crippen molar-refractivity contribution >= 4 is 0 Å². The maximum atomic E-state index is 13.6. The van der Waals surface area contributed by atoms with Gasteiger partial charge in [0.2, 0.25) is 0 Å². The molecule has 1 aliphatic rings. The topological polar surface area (TPSA) is 15.3 Å². The van der Waals surface area contributed by atoms with E-state index in [1.54, 1.807) is 0 Å². The number of likely N-dealkylation sites (tertiary alicyclic amines) is 1. The number of piperidine rings is 1. The minimum absolute atomic E-state index is 0.189. The zero-order chi connectivity index (χ0) is 13.0. The average Bonchev–Trinajstić information content (AvgIpc) is 2.35. The van der Waals surface area contributed by atoms with Crippen LogP contribution in [0, 0.1) is 11.6 Å². The summed E-state index contributed by atoms with van der Waals surface area (Å²) >= 11 is 0. The van der Waals surface area contributed by atoms with Crippen molar-refractivity contribution in [3.05, 3.63) is 35.4 Å². The van der Waals surface area contributed by atoms with E-state index in [0.29, 0.717) is 12.6 Å². The summed E-state index contributed by atoms with van der Waals surface area (Å²) in [7, 11) is 0. The average molecular weight is 254 g/mol. The number of rotatable bonds is 4. The molecule has 1 aliphatic heterocycles. The lowest BCUT2D eigenvalue weighted by Gasteiger charge is -2.33. The van der Waals surface area contributed by atoms with E-state index in [0.717, 1.165) is 32.5 Å². The number of benzene rings is 1. The van der Waals surface area contributed by atoms with Crippen molar-refractivity contribution in [3.63, 3.8) is 0 Å². The molecule has 1 fully saturated rings. The molecular weight excluding hydrogens is 234 g/mol. The molecule has 2 nitrogen and oxygen atoms in total. The molecule has 1 aromatic rings. The summed E-state index contributed by atoms with van der Waals surface area (Å²) in [5.74, 6) is -0.888. The van der Waals surface area contributed by atoms with Gasteiger partial charge in [-0.25, -0.2) is 8.78 Å². The van der Waals surface area contributed by atoms with E-state index in [1.807, 2.05) is 0 Å². The summed E-state index contributed by atoms with van der Waals surface area (Å²) in [6, 6.07) is 4.50. The summed E-state index contributed by atoms with van der Waals surface area (Å²) in [6.45, 7) is 5.15. The third kappa shape index (κ3) is 3.27. The summed E-state index contributed by atoms with van der Waals surface area (Å²) in [5, 5.41) is 3.40. The van der Waals surface area contributed by atoms with Gasteiger partial charge in [0.15, 0.2) is 0 Å². The fraction of sp³-hybridized carbons (Fsp3) is 0.571. The minimum Gasteiger partial charge on any atom is -0.313 e. The Morgan fingerprint density at radius 2 is 2.06 bits per heavy atom. The number of likely N-dealkylation sites (N-methyl/N-ethyl adjacent to an activating group) is 1. The third-order valence-electron chi connectivity index (χ3n) is 3.44. The summed E-state index contributed by atoms with van der Waals surface area (Å²) in [4.78, 5) is 2.12. The molecule has 0 aromatic heterocycles. The van der Waals surface area contributed by atoms with E-state index in [4.69, 9.17) is 0 Å². The largest absolute Gasteiger partial charge is 0.313 e. The minimum atomic E-state index is -0.444. The second-order valence-corrected chi connectivity index (χ2v) is 4.83. The lowest BCUT2D eigenvalue weighted by molar-refractivity contribution is 0.180. The standard InChI is InChI=1S/C14H20F2N2/c1-2-17-11-5-4-8-18(9-11)10-12-13(15)6-3-7-14(12)16/h3,6-7,11,17H,2,4-5,8-10H2,1H3. The van der Waals surface area contributed by atoms with Crippen LogP contribution in [0.3, 0.4) is 0 Å². The van der Waals surface area contributed by atoms with Crippen molar-refractivity contribution in [2.45, 2.75) is 32.4 Å². The van der Waals surface area contributed by atoms with Crippen LogP contribution in [0.15, 0.2) is 18.2 Å². The first-order valence-electron chi connectivity index (χ1n) is 6.59. The SMILES string of the molecule is CCNC1CCCN(Cc2c(F)cccc2F)C1. The highest BCUT2D eigenvalue weighted by Crippen LogP contribution is 2.18. The molecule has 1 atom stereocenters. The molecule has 0 radical (unpaired) electrons. The van der Waals surface area contributed by atoms with Gasteiger partial charge in [-0.2, -0.15) is 0 Å². The molecule has 1 saturated heterocycles. The van der Waals surface area contributed by atoms with Crippen molar-refractivity contribution < 1.29 is 8.78 Å². The smallest absolute Gasteiger partial charge is 0.130 e. The highest BCUT2D eigenvalue weighted by Gasteiger charge is 2.21. The molecule has 0 bridgehead atoms. The lowest BCUT2D eigenvalue weighted by Crippen LogP contribution is -2.45. The maximum Gasteiger partial charge on any atom is 0.130 e. The van der Waals surface area contributed by atoms with Crippen LogP contribution in [0.4, 0.5) is 8.78 Å². The fourth-order valence-corrected chi connectivity index (χ4v) is 2.56. The molecule has 1 unspecified atom stereocenters. The monoisotopic (exact) mass is 254 g/mol. The molecule has 1 aromatic carbocycles. The van der Waals surface area contributed by atoms with Gasteiger partial charge in [0.25, 0.3) is 0 Å². The van der Waals surface area contributed by atoms with Crippen LogP contribution in [0.25, 0.3) is 0 Å². The Morgan fingerprint density at radius 3 is 2.72 bits per heavy atom. The first-order chi connectivity index (χ1) is 8.70. The van der Waals surface area contributed by atoms with Crippen molar-refractivity contribution in [1.82, 2.24) is 10.2 Å². The molecule has 0 aliphatic carbocycles. The first kappa shape index (κ1) is 13.4. The Hall–Kier alpha value is -1.00. The lowest BCUT2D eigenvalue weighted by atomic mass is 10.0. The highest BCUT2D eigenvalue weighted by molar-refractivity contribution is 5.19. The van der Waals surface area contributed by atoms with Gasteiger partial charge in [-0.3, -0.25) is 4.90 Å². The van der Waals surface area contributed by atoms with Crippen molar-refractivity contribution in [2.75, 3.05) is 19.6 Å². The quantitative estimate of drug-likeness (QED) is 0.888. The van der Waals surface area contributed by atoms with Crippen LogP contribution >= 0.6 is 0 Å².